The summed E-state index contributed by atoms with van der Waals surface area (Å²) in [7, 11) is 3.08. The van der Waals surface area contributed by atoms with Crippen LogP contribution in [0.1, 0.15) is 19.3 Å². The third-order valence-corrected chi connectivity index (χ3v) is 7.84. The van der Waals surface area contributed by atoms with Crippen molar-refractivity contribution in [2.24, 2.45) is 11.3 Å². The van der Waals surface area contributed by atoms with Gasteiger partial charge in [-0.1, -0.05) is 6.08 Å². The molecule has 0 aromatic rings. The van der Waals surface area contributed by atoms with Crippen molar-refractivity contribution in [3.05, 3.63) is 70.2 Å². The third kappa shape index (κ3) is 3.48. The first-order valence-corrected chi connectivity index (χ1v) is 12.6. The van der Waals surface area contributed by atoms with E-state index in [2.05, 4.69) is 10.2 Å². The predicted octanol–water partition coefficient (Wildman–Crippen LogP) is 2.09. The maximum atomic E-state index is 14.0. The Kier molecular flexibility index (Phi) is 5.86. The van der Waals surface area contributed by atoms with Gasteiger partial charge in [-0.25, -0.2) is 0 Å². The Morgan fingerprint density at radius 1 is 1.11 bits per heavy atom. The number of hydroxylamine groups is 2. The van der Waals surface area contributed by atoms with Crippen molar-refractivity contribution in [2.75, 3.05) is 53.7 Å². The molecule has 0 saturated carbocycles. The highest BCUT2D eigenvalue weighted by atomic mass is 16.7. The van der Waals surface area contributed by atoms with Crippen molar-refractivity contribution in [1.29, 1.82) is 0 Å². The molecule has 1 fully saturated rings. The standard InChI is InChI=1S/C27H31N3O6/c1-33-23-14-27-19-12-18(31)13-22-24(19)26(36-16-35-22)20(27)11-17(25(32)21(27)15-30(23)34-2)5-3-8-29-9-4-6-28-7-10-29/h11-15,17,28H,3-10,16H2,1-2H3. The van der Waals surface area contributed by atoms with Gasteiger partial charge in [0.1, 0.15) is 11.5 Å². The molecule has 6 aliphatic rings. The highest BCUT2D eigenvalue weighted by molar-refractivity contribution is 6.09. The fourth-order valence-corrected chi connectivity index (χ4v) is 6.17. The zero-order valence-corrected chi connectivity index (χ0v) is 20.7. The Balaban J connectivity index is 1.40. The minimum Gasteiger partial charge on any atom is -0.481 e. The van der Waals surface area contributed by atoms with Crippen LogP contribution in [0.4, 0.5) is 0 Å². The number of fused-ring (bicyclic) bond motifs is 1. The van der Waals surface area contributed by atoms with E-state index in [9.17, 15) is 9.59 Å². The summed E-state index contributed by atoms with van der Waals surface area (Å²) in [6, 6.07) is 0. The van der Waals surface area contributed by atoms with Crippen LogP contribution in [0.15, 0.2) is 70.2 Å². The van der Waals surface area contributed by atoms with Gasteiger partial charge in [0.05, 0.1) is 25.2 Å². The summed E-state index contributed by atoms with van der Waals surface area (Å²) in [5.74, 6) is 1.13. The number of carbonyl (C=O) groups excluding carboxylic acids is 2. The van der Waals surface area contributed by atoms with Gasteiger partial charge in [0.2, 0.25) is 12.7 Å². The molecule has 1 spiro atoms. The van der Waals surface area contributed by atoms with E-state index in [0.29, 0.717) is 28.5 Å². The number of rotatable bonds is 6. The van der Waals surface area contributed by atoms with Crippen LogP contribution in [0.5, 0.6) is 0 Å². The fourth-order valence-electron chi connectivity index (χ4n) is 6.17. The maximum Gasteiger partial charge on any atom is 0.230 e. The van der Waals surface area contributed by atoms with E-state index >= 15 is 0 Å². The lowest BCUT2D eigenvalue weighted by molar-refractivity contribution is -0.122. The molecule has 9 heteroatoms. The quantitative estimate of drug-likeness (QED) is 0.597. The molecule has 190 valence electrons. The molecule has 36 heavy (non-hydrogen) atoms. The van der Waals surface area contributed by atoms with E-state index in [-0.39, 0.29) is 24.3 Å². The highest BCUT2D eigenvalue weighted by Gasteiger charge is 2.59. The van der Waals surface area contributed by atoms with Gasteiger partial charge in [-0.15, -0.1) is 0 Å². The molecule has 0 amide bonds. The topological polar surface area (TPSA) is 89.6 Å². The van der Waals surface area contributed by atoms with Crippen LogP contribution >= 0.6 is 0 Å². The van der Waals surface area contributed by atoms with Gasteiger partial charge in [0.25, 0.3) is 0 Å². The summed E-state index contributed by atoms with van der Waals surface area (Å²) in [6.45, 7) is 5.15. The van der Waals surface area contributed by atoms with Gasteiger partial charge in [-0.2, -0.15) is 5.06 Å². The number of nitrogens with zero attached hydrogens (tertiary/aromatic N) is 2. The average Bonchev–Trinajstić information content (AvgIpc) is 3.03. The van der Waals surface area contributed by atoms with Gasteiger partial charge in [0, 0.05) is 42.4 Å². The van der Waals surface area contributed by atoms with Crippen molar-refractivity contribution in [2.45, 2.75) is 19.3 Å². The smallest absolute Gasteiger partial charge is 0.230 e. The summed E-state index contributed by atoms with van der Waals surface area (Å²) in [5.41, 5.74) is 1.85. The van der Waals surface area contributed by atoms with Crippen molar-refractivity contribution >= 4 is 11.6 Å². The maximum absolute atomic E-state index is 14.0. The minimum absolute atomic E-state index is 0.0182. The lowest BCUT2D eigenvalue weighted by Gasteiger charge is -2.42. The number of ketones is 2. The molecule has 1 N–H and O–H groups in total. The molecular weight excluding hydrogens is 462 g/mol. The lowest BCUT2D eigenvalue weighted by Crippen LogP contribution is -2.41. The summed E-state index contributed by atoms with van der Waals surface area (Å²) >= 11 is 0. The Labute approximate surface area is 210 Å². The second-order valence-electron chi connectivity index (χ2n) is 9.76. The van der Waals surface area contributed by atoms with Crippen LogP contribution in [0.2, 0.25) is 0 Å². The van der Waals surface area contributed by atoms with Crippen molar-refractivity contribution in [3.8, 4) is 0 Å². The number of nitrogens with one attached hydrogen (secondary N) is 1. The van der Waals surface area contributed by atoms with Gasteiger partial charge in [-0.3, -0.25) is 14.4 Å². The molecule has 0 aromatic heterocycles. The zero-order valence-electron chi connectivity index (χ0n) is 20.7. The molecule has 2 unspecified atom stereocenters. The molecule has 0 radical (unpaired) electrons. The van der Waals surface area contributed by atoms with Gasteiger partial charge in [-0.05, 0) is 56.6 Å². The van der Waals surface area contributed by atoms with E-state index in [4.69, 9.17) is 19.0 Å². The van der Waals surface area contributed by atoms with Crippen LogP contribution in [-0.4, -0.2) is 75.3 Å². The molecule has 0 aromatic carbocycles. The SMILES string of the molecule is COC1=CC23C(=CN1OC)C(=O)C(CCCN1CCCNCC1)C=C2C1=C2C(=CC(=O)C=C23)OCO1. The minimum atomic E-state index is -0.988. The number of allylic oxidation sites excluding steroid dienone is 7. The Morgan fingerprint density at radius 3 is 2.83 bits per heavy atom. The van der Waals surface area contributed by atoms with E-state index in [1.54, 1.807) is 19.4 Å². The summed E-state index contributed by atoms with van der Waals surface area (Å²) in [5, 5.41) is 4.90. The Bertz CT molecular complexity index is 1180. The molecule has 3 aliphatic heterocycles. The van der Waals surface area contributed by atoms with Crippen molar-refractivity contribution in [1.82, 2.24) is 15.3 Å². The molecule has 3 heterocycles. The molecule has 1 saturated heterocycles. The summed E-state index contributed by atoms with van der Waals surface area (Å²) < 4.78 is 17.4. The van der Waals surface area contributed by atoms with Crippen molar-refractivity contribution < 1.29 is 28.6 Å². The summed E-state index contributed by atoms with van der Waals surface area (Å²) in [6.07, 6.45) is 11.5. The van der Waals surface area contributed by atoms with E-state index in [1.165, 1.54) is 18.2 Å². The first kappa shape index (κ1) is 23.3. The largest absolute Gasteiger partial charge is 0.481 e. The molecule has 3 aliphatic carbocycles. The second kappa shape index (κ2) is 9.06. The molecule has 2 atom stereocenters. The number of ether oxygens (including phenoxy) is 3. The van der Waals surface area contributed by atoms with Gasteiger partial charge < -0.3 is 24.4 Å². The van der Waals surface area contributed by atoms with E-state index < -0.39 is 5.41 Å². The van der Waals surface area contributed by atoms with E-state index in [1.807, 2.05) is 12.2 Å². The molecule has 6 rings (SSSR count). The monoisotopic (exact) mass is 493 g/mol. The Morgan fingerprint density at radius 2 is 2.00 bits per heavy atom. The zero-order chi connectivity index (χ0) is 24.9. The third-order valence-electron chi connectivity index (χ3n) is 7.84. The predicted molar refractivity (Wildman–Crippen MR) is 129 cm³/mol. The van der Waals surface area contributed by atoms with Crippen molar-refractivity contribution in [3.63, 3.8) is 0 Å². The number of hydrogen-bond donors (Lipinski definition) is 1. The first-order valence-electron chi connectivity index (χ1n) is 12.6. The fraction of sp³-hybridized carbons (Fsp3) is 0.481. The van der Waals surface area contributed by atoms with Crippen LogP contribution in [-0.2, 0) is 28.6 Å². The average molecular weight is 494 g/mol. The second-order valence-corrected chi connectivity index (χ2v) is 9.76. The first-order chi connectivity index (χ1) is 17.6. The normalized spacial score (nSPS) is 29.4. The molecular formula is C27H31N3O6. The van der Waals surface area contributed by atoms with Crippen LogP contribution < -0.4 is 5.32 Å². The molecule has 9 nitrogen and oxygen atoms in total. The van der Waals surface area contributed by atoms with E-state index in [0.717, 1.165) is 63.1 Å². The molecule has 0 bridgehead atoms. The van der Waals surface area contributed by atoms with Crippen LogP contribution in [0.25, 0.3) is 0 Å². The van der Waals surface area contributed by atoms with Gasteiger partial charge in [0.15, 0.2) is 11.6 Å². The van der Waals surface area contributed by atoms with Crippen LogP contribution in [0.3, 0.4) is 0 Å². The van der Waals surface area contributed by atoms with Gasteiger partial charge >= 0.3 is 0 Å². The number of carbonyl (C=O) groups is 2. The highest BCUT2D eigenvalue weighted by Crippen LogP contribution is 2.63. The number of hydrogen-bond acceptors (Lipinski definition) is 9. The van der Waals surface area contributed by atoms with Crippen LogP contribution in [0, 0.1) is 11.3 Å². The lowest BCUT2D eigenvalue weighted by atomic mass is 9.62. The summed E-state index contributed by atoms with van der Waals surface area (Å²) in [4.78, 5) is 34.7. The Hall–Kier alpha value is -3.14. The number of Topliss-reactive ketones (excluding diaryl/α,β-unsaturated/α-hetero) is 1. The number of methoxy groups -OCH3 is 1.